The predicted octanol–water partition coefficient (Wildman–Crippen LogP) is 0.524. The Morgan fingerprint density at radius 2 is 2.26 bits per heavy atom. The standard InChI is InChI=1S/C14H20N4O/c1-3-4-14(19)16-12-6-9-18(10-7-12)11-13-5-8-15-17(13)2/h5,8,12H,6-7,9-11H2,1-2H3,(H,16,19). The van der Waals surface area contributed by atoms with Gasteiger partial charge in [-0.2, -0.15) is 5.10 Å². The first kappa shape index (κ1) is 13.6. The van der Waals surface area contributed by atoms with E-state index in [1.165, 1.54) is 5.69 Å². The van der Waals surface area contributed by atoms with Crippen LogP contribution in [0.1, 0.15) is 25.5 Å². The minimum absolute atomic E-state index is 0.160. The second-order valence-corrected chi connectivity index (χ2v) is 4.85. The van der Waals surface area contributed by atoms with Crippen LogP contribution in [0.25, 0.3) is 0 Å². The summed E-state index contributed by atoms with van der Waals surface area (Å²) in [6, 6.07) is 2.31. The molecule has 0 aliphatic carbocycles. The van der Waals surface area contributed by atoms with Crippen molar-refractivity contribution in [2.75, 3.05) is 13.1 Å². The molecule has 0 atom stereocenters. The van der Waals surface area contributed by atoms with E-state index in [2.05, 4.69) is 27.2 Å². The van der Waals surface area contributed by atoms with E-state index in [9.17, 15) is 4.79 Å². The smallest absolute Gasteiger partial charge is 0.296 e. The van der Waals surface area contributed by atoms with Crippen LogP contribution in [0, 0.1) is 11.8 Å². The average molecular weight is 260 g/mol. The quantitative estimate of drug-likeness (QED) is 0.806. The number of likely N-dealkylation sites (tertiary alicyclic amines) is 1. The van der Waals surface area contributed by atoms with Gasteiger partial charge in [0.25, 0.3) is 5.91 Å². The van der Waals surface area contributed by atoms with Crippen LogP contribution in [0.4, 0.5) is 0 Å². The molecule has 5 nitrogen and oxygen atoms in total. The van der Waals surface area contributed by atoms with Gasteiger partial charge in [-0.3, -0.25) is 14.4 Å². The molecule has 1 amide bonds. The SMILES string of the molecule is CC#CC(=O)NC1CCN(Cc2ccnn2C)CC1. The van der Waals surface area contributed by atoms with Gasteiger partial charge >= 0.3 is 0 Å². The van der Waals surface area contributed by atoms with Crippen molar-refractivity contribution in [2.24, 2.45) is 7.05 Å². The highest BCUT2D eigenvalue weighted by atomic mass is 16.1. The van der Waals surface area contributed by atoms with Crippen LogP contribution in [0.15, 0.2) is 12.3 Å². The Bertz CT molecular complexity index is 489. The summed E-state index contributed by atoms with van der Waals surface area (Å²) in [5, 5.41) is 7.13. The van der Waals surface area contributed by atoms with Gasteiger partial charge in [-0.15, -0.1) is 0 Å². The molecule has 0 unspecified atom stereocenters. The number of nitrogens with one attached hydrogen (secondary N) is 1. The van der Waals surface area contributed by atoms with E-state index in [0.29, 0.717) is 0 Å². The van der Waals surface area contributed by atoms with Gasteiger partial charge < -0.3 is 5.32 Å². The van der Waals surface area contributed by atoms with Crippen molar-refractivity contribution >= 4 is 5.91 Å². The number of rotatable bonds is 3. The molecule has 2 heterocycles. The topological polar surface area (TPSA) is 50.2 Å². The lowest BCUT2D eigenvalue weighted by molar-refractivity contribution is -0.116. The predicted molar refractivity (Wildman–Crippen MR) is 73.1 cm³/mol. The van der Waals surface area contributed by atoms with E-state index in [0.717, 1.165) is 32.5 Å². The maximum Gasteiger partial charge on any atom is 0.296 e. The molecule has 1 aliphatic rings. The molecule has 1 aromatic rings. The Morgan fingerprint density at radius 3 is 2.84 bits per heavy atom. The van der Waals surface area contributed by atoms with Gasteiger partial charge in [0.1, 0.15) is 0 Å². The molecular weight excluding hydrogens is 240 g/mol. The van der Waals surface area contributed by atoms with Crippen molar-refractivity contribution in [1.29, 1.82) is 0 Å². The normalized spacial score (nSPS) is 16.7. The highest BCUT2D eigenvalue weighted by Crippen LogP contribution is 2.13. The molecule has 1 aliphatic heterocycles. The second-order valence-electron chi connectivity index (χ2n) is 4.85. The zero-order chi connectivity index (χ0) is 13.7. The first-order chi connectivity index (χ1) is 9.19. The number of carbonyl (C=O) groups excluding carboxylic acids is 1. The Kier molecular flexibility index (Phi) is 4.58. The lowest BCUT2D eigenvalue weighted by Crippen LogP contribution is -2.44. The molecule has 0 bridgehead atoms. The van der Waals surface area contributed by atoms with E-state index in [1.54, 1.807) is 6.92 Å². The molecule has 0 aromatic carbocycles. The van der Waals surface area contributed by atoms with Crippen molar-refractivity contribution in [2.45, 2.75) is 32.4 Å². The molecule has 0 saturated carbocycles. The van der Waals surface area contributed by atoms with E-state index < -0.39 is 0 Å². The summed E-state index contributed by atoms with van der Waals surface area (Å²) in [6.07, 6.45) is 3.79. The van der Waals surface area contributed by atoms with E-state index in [4.69, 9.17) is 0 Å². The third-order valence-corrected chi connectivity index (χ3v) is 3.47. The van der Waals surface area contributed by atoms with Crippen LogP contribution in [0.5, 0.6) is 0 Å². The van der Waals surface area contributed by atoms with E-state index >= 15 is 0 Å². The Labute approximate surface area is 114 Å². The first-order valence-corrected chi connectivity index (χ1v) is 6.61. The fraction of sp³-hybridized carbons (Fsp3) is 0.571. The Hall–Kier alpha value is -1.80. The molecule has 1 saturated heterocycles. The third kappa shape index (κ3) is 3.83. The molecule has 102 valence electrons. The monoisotopic (exact) mass is 260 g/mol. The van der Waals surface area contributed by atoms with E-state index in [1.807, 2.05) is 24.0 Å². The molecule has 5 heteroatoms. The summed E-state index contributed by atoms with van der Waals surface area (Å²) in [7, 11) is 1.96. The van der Waals surface area contributed by atoms with Gasteiger partial charge in [0, 0.05) is 38.9 Å². The van der Waals surface area contributed by atoms with Crippen LogP contribution in [-0.2, 0) is 18.4 Å². The van der Waals surface area contributed by atoms with Gasteiger partial charge in [0.2, 0.25) is 0 Å². The number of hydrogen-bond acceptors (Lipinski definition) is 3. The highest BCUT2D eigenvalue weighted by molar-refractivity contribution is 5.93. The number of carbonyl (C=O) groups is 1. The van der Waals surface area contributed by atoms with Crippen LogP contribution in [-0.4, -0.2) is 39.7 Å². The van der Waals surface area contributed by atoms with Crippen molar-refractivity contribution in [1.82, 2.24) is 20.0 Å². The minimum atomic E-state index is -0.160. The molecule has 1 aromatic heterocycles. The molecule has 0 spiro atoms. The Balaban J connectivity index is 1.77. The van der Waals surface area contributed by atoms with Crippen molar-refractivity contribution < 1.29 is 4.79 Å². The molecule has 1 fully saturated rings. The number of piperidine rings is 1. The summed E-state index contributed by atoms with van der Waals surface area (Å²) in [6.45, 7) is 4.59. The summed E-state index contributed by atoms with van der Waals surface area (Å²) >= 11 is 0. The fourth-order valence-corrected chi connectivity index (χ4v) is 2.36. The second kappa shape index (κ2) is 6.39. The van der Waals surface area contributed by atoms with Gasteiger partial charge in [-0.05, 0) is 31.8 Å². The minimum Gasteiger partial charge on any atom is -0.342 e. The molecule has 0 radical (unpaired) electrons. The largest absolute Gasteiger partial charge is 0.342 e. The zero-order valence-electron chi connectivity index (χ0n) is 11.5. The van der Waals surface area contributed by atoms with Crippen molar-refractivity contribution in [3.63, 3.8) is 0 Å². The summed E-state index contributed by atoms with van der Waals surface area (Å²) in [4.78, 5) is 13.8. The number of amides is 1. The van der Waals surface area contributed by atoms with Gasteiger partial charge in [0.05, 0.1) is 5.69 Å². The molecule has 19 heavy (non-hydrogen) atoms. The maximum atomic E-state index is 11.4. The zero-order valence-corrected chi connectivity index (χ0v) is 11.5. The van der Waals surface area contributed by atoms with Gasteiger partial charge in [-0.1, -0.05) is 5.92 Å². The van der Waals surface area contributed by atoms with Crippen LogP contribution >= 0.6 is 0 Å². The average Bonchev–Trinajstić information content (AvgIpc) is 2.78. The molecule has 2 rings (SSSR count). The summed E-state index contributed by atoms with van der Waals surface area (Å²) in [5.74, 6) is 4.98. The number of hydrogen-bond donors (Lipinski definition) is 1. The van der Waals surface area contributed by atoms with Crippen LogP contribution in [0.2, 0.25) is 0 Å². The molecule has 1 N–H and O–H groups in total. The van der Waals surface area contributed by atoms with E-state index in [-0.39, 0.29) is 11.9 Å². The maximum absolute atomic E-state index is 11.4. The fourth-order valence-electron chi connectivity index (χ4n) is 2.36. The van der Waals surface area contributed by atoms with Crippen molar-refractivity contribution in [3.05, 3.63) is 18.0 Å². The first-order valence-electron chi connectivity index (χ1n) is 6.61. The van der Waals surface area contributed by atoms with Crippen molar-refractivity contribution in [3.8, 4) is 11.8 Å². The van der Waals surface area contributed by atoms with Gasteiger partial charge in [0.15, 0.2) is 0 Å². The van der Waals surface area contributed by atoms with Crippen LogP contribution in [0.3, 0.4) is 0 Å². The third-order valence-electron chi connectivity index (χ3n) is 3.47. The Morgan fingerprint density at radius 1 is 1.53 bits per heavy atom. The lowest BCUT2D eigenvalue weighted by Gasteiger charge is -2.31. The summed E-state index contributed by atoms with van der Waals surface area (Å²) in [5.41, 5.74) is 1.22. The number of nitrogens with zero attached hydrogens (tertiary/aromatic N) is 3. The lowest BCUT2D eigenvalue weighted by atomic mass is 10.0. The molecular formula is C14H20N4O. The van der Waals surface area contributed by atoms with Gasteiger partial charge in [-0.25, -0.2) is 0 Å². The number of aromatic nitrogens is 2. The van der Waals surface area contributed by atoms with Crippen LogP contribution < -0.4 is 5.32 Å². The highest BCUT2D eigenvalue weighted by Gasteiger charge is 2.20. The summed E-state index contributed by atoms with van der Waals surface area (Å²) < 4.78 is 1.91. The number of aryl methyl sites for hydroxylation is 1.